The molecule has 0 spiro atoms. The third kappa shape index (κ3) is 4.65. The van der Waals surface area contributed by atoms with Gasteiger partial charge in [-0.15, -0.1) is 0 Å². The molecule has 0 saturated heterocycles. The molecular weight excluding hydrogens is 599 g/mol. The fourth-order valence-corrected chi connectivity index (χ4v) is 6.98. The zero-order valence-electron chi connectivity index (χ0n) is 28.2. The molecular formula is C45H27N3O. The van der Waals surface area contributed by atoms with E-state index in [9.17, 15) is 1.37 Å². The Labute approximate surface area is 284 Å². The van der Waals surface area contributed by atoms with Gasteiger partial charge in [0.25, 0.3) is 0 Å². The quantitative estimate of drug-likeness (QED) is 0.182. The molecule has 4 heteroatoms. The van der Waals surface area contributed by atoms with Crippen LogP contribution in [0.2, 0.25) is 0 Å². The van der Waals surface area contributed by atoms with Crippen molar-refractivity contribution in [3.05, 3.63) is 164 Å². The summed E-state index contributed by atoms with van der Waals surface area (Å²) in [5, 5.41) is 5.92. The number of nitrogens with zero attached hydrogens (tertiary/aromatic N) is 3. The van der Waals surface area contributed by atoms with Gasteiger partial charge in [-0.1, -0.05) is 78.9 Å². The minimum absolute atomic E-state index is 0.280. The summed E-state index contributed by atoms with van der Waals surface area (Å²) in [5.74, 6) is 0. The molecule has 6 aromatic carbocycles. The van der Waals surface area contributed by atoms with Gasteiger partial charge in [0.1, 0.15) is 11.2 Å². The number of fused-ring (bicyclic) bond motifs is 7. The second kappa shape index (κ2) is 11.0. The minimum atomic E-state index is 0.280. The van der Waals surface area contributed by atoms with Crippen molar-refractivity contribution >= 4 is 54.5 Å². The molecule has 0 aliphatic carbocycles. The van der Waals surface area contributed by atoms with E-state index in [1.54, 1.807) is 12.3 Å². The Bertz CT molecular complexity index is 3010. The van der Waals surface area contributed by atoms with Gasteiger partial charge in [-0.05, 0) is 105 Å². The molecule has 4 heterocycles. The van der Waals surface area contributed by atoms with Gasteiger partial charge in [-0.3, -0.25) is 15.0 Å². The predicted molar refractivity (Wildman–Crippen MR) is 201 cm³/mol. The van der Waals surface area contributed by atoms with E-state index in [-0.39, 0.29) is 6.04 Å². The van der Waals surface area contributed by atoms with Gasteiger partial charge >= 0.3 is 0 Å². The van der Waals surface area contributed by atoms with Crippen LogP contribution >= 0.6 is 0 Å². The molecule has 49 heavy (non-hydrogen) atoms. The number of furan rings is 1. The molecule has 4 nitrogen and oxygen atoms in total. The molecule has 0 fully saturated rings. The van der Waals surface area contributed by atoms with E-state index in [2.05, 4.69) is 82.8 Å². The molecule has 0 amide bonds. The highest BCUT2D eigenvalue weighted by atomic mass is 16.3. The number of hydrogen-bond acceptors (Lipinski definition) is 4. The third-order valence-corrected chi connectivity index (χ3v) is 9.40. The zero-order valence-corrected chi connectivity index (χ0v) is 26.2. The lowest BCUT2D eigenvalue weighted by atomic mass is 9.92. The molecule has 10 aromatic rings. The van der Waals surface area contributed by atoms with Crippen molar-refractivity contribution in [3.8, 4) is 44.5 Å². The lowest BCUT2D eigenvalue weighted by molar-refractivity contribution is 0.669. The molecule has 0 N–H and O–H groups in total. The van der Waals surface area contributed by atoms with Crippen LogP contribution in [0.25, 0.3) is 99.0 Å². The van der Waals surface area contributed by atoms with E-state index in [1.807, 2.05) is 67.1 Å². The fourth-order valence-electron chi connectivity index (χ4n) is 6.98. The van der Waals surface area contributed by atoms with Crippen LogP contribution in [0.5, 0.6) is 0 Å². The first-order valence-electron chi connectivity index (χ1n) is 17.2. The maximum Gasteiger partial charge on any atom is 0.136 e. The van der Waals surface area contributed by atoms with Gasteiger partial charge < -0.3 is 4.42 Å². The van der Waals surface area contributed by atoms with E-state index in [1.165, 1.54) is 0 Å². The van der Waals surface area contributed by atoms with Crippen molar-refractivity contribution in [2.45, 2.75) is 0 Å². The maximum absolute atomic E-state index is 9.52. The lowest BCUT2D eigenvalue weighted by Gasteiger charge is -2.13. The topological polar surface area (TPSA) is 51.8 Å². The van der Waals surface area contributed by atoms with Crippen molar-refractivity contribution in [3.63, 3.8) is 0 Å². The standard InChI is InChI=1S/C45H27N3O/c1-2-6-29(7-3-1)39-9-4-10-41-43(39)40-16-15-32(25-42(40)49-41)35-22-34(31-13-11-28-17-19-46-26-37(28)20-31)23-36(24-35)38-21-33-14-12-30-8-5-18-47-44(30)45(33)48-27-38/h1-27H/i10D,25D. The first kappa shape index (κ1) is 25.4. The SMILES string of the molecule is [2H]c1c(-c2cc(-c3ccc4ccncc4c3)cc(-c3cnc4c(ccc5cccnc54)c3)c2)ccc2c1oc1c([2H])ccc(-c3ccccc3)c12. The molecule has 0 aliphatic heterocycles. The molecule has 0 saturated carbocycles. The highest BCUT2D eigenvalue weighted by Crippen LogP contribution is 2.40. The summed E-state index contributed by atoms with van der Waals surface area (Å²) < 4.78 is 24.6. The molecule has 0 radical (unpaired) electrons. The fraction of sp³-hybridized carbons (Fsp3) is 0. The lowest BCUT2D eigenvalue weighted by Crippen LogP contribution is -1.89. The molecule has 228 valence electrons. The summed E-state index contributed by atoms with van der Waals surface area (Å²) in [6, 6.07) is 43.7. The first-order chi connectivity index (χ1) is 25.1. The van der Waals surface area contributed by atoms with Gasteiger partial charge in [-0.2, -0.15) is 0 Å². The smallest absolute Gasteiger partial charge is 0.136 e. The average molecular weight is 628 g/mol. The number of benzene rings is 6. The Morgan fingerprint density at radius 1 is 0.469 bits per heavy atom. The Kier molecular flexibility index (Phi) is 5.69. The van der Waals surface area contributed by atoms with Crippen molar-refractivity contribution in [1.82, 2.24) is 15.0 Å². The van der Waals surface area contributed by atoms with Crippen LogP contribution in [0.15, 0.2) is 169 Å². The van der Waals surface area contributed by atoms with E-state index < -0.39 is 0 Å². The predicted octanol–water partition coefficient (Wildman–Crippen LogP) is 11.9. The minimum Gasteiger partial charge on any atom is -0.456 e. The Hall–Kier alpha value is -6.65. The van der Waals surface area contributed by atoms with Crippen molar-refractivity contribution in [2.24, 2.45) is 0 Å². The average Bonchev–Trinajstić information content (AvgIpc) is 3.59. The van der Waals surface area contributed by atoms with Gasteiger partial charge in [-0.25, -0.2) is 0 Å². The number of pyridine rings is 3. The highest BCUT2D eigenvalue weighted by molar-refractivity contribution is 6.13. The summed E-state index contributed by atoms with van der Waals surface area (Å²) in [4.78, 5) is 13.9. The zero-order chi connectivity index (χ0) is 34.1. The van der Waals surface area contributed by atoms with Crippen molar-refractivity contribution in [1.29, 1.82) is 0 Å². The van der Waals surface area contributed by atoms with E-state index in [0.717, 1.165) is 87.9 Å². The molecule has 4 aromatic heterocycles. The summed E-state index contributed by atoms with van der Waals surface area (Å²) >= 11 is 0. The largest absolute Gasteiger partial charge is 0.456 e. The Morgan fingerprint density at radius 3 is 2.16 bits per heavy atom. The van der Waals surface area contributed by atoms with Crippen LogP contribution in [0.4, 0.5) is 0 Å². The number of aromatic nitrogens is 3. The third-order valence-electron chi connectivity index (χ3n) is 9.40. The van der Waals surface area contributed by atoms with Crippen LogP contribution in [0.3, 0.4) is 0 Å². The number of hydrogen-bond donors (Lipinski definition) is 0. The van der Waals surface area contributed by atoms with E-state index >= 15 is 0 Å². The highest BCUT2D eigenvalue weighted by Gasteiger charge is 2.15. The van der Waals surface area contributed by atoms with Crippen molar-refractivity contribution in [2.75, 3.05) is 0 Å². The monoisotopic (exact) mass is 627 g/mol. The summed E-state index contributed by atoms with van der Waals surface area (Å²) in [6.07, 6.45) is 7.41. The Balaban J connectivity index is 1.19. The molecule has 10 rings (SSSR count). The Morgan fingerprint density at radius 2 is 1.24 bits per heavy atom. The molecule has 0 unspecified atom stereocenters. The molecule has 0 atom stereocenters. The normalized spacial score (nSPS) is 12.2. The molecule has 0 bridgehead atoms. The first-order valence-corrected chi connectivity index (χ1v) is 16.2. The van der Waals surface area contributed by atoms with Crippen LogP contribution in [0.1, 0.15) is 2.74 Å². The number of rotatable bonds is 4. The van der Waals surface area contributed by atoms with Crippen LogP contribution in [-0.4, -0.2) is 15.0 Å². The van der Waals surface area contributed by atoms with Crippen LogP contribution in [-0.2, 0) is 0 Å². The van der Waals surface area contributed by atoms with E-state index in [0.29, 0.717) is 17.2 Å². The summed E-state index contributed by atoms with van der Waals surface area (Å²) in [5.41, 5.74) is 10.3. The summed E-state index contributed by atoms with van der Waals surface area (Å²) in [6.45, 7) is 0. The van der Waals surface area contributed by atoms with Crippen LogP contribution in [0, 0.1) is 0 Å². The van der Waals surface area contributed by atoms with E-state index in [4.69, 9.17) is 10.8 Å². The molecule has 0 aliphatic rings. The van der Waals surface area contributed by atoms with Crippen LogP contribution < -0.4 is 0 Å². The second-order valence-electron chi connectivity index (χ2n) is 12.4. The van der Waals surface area contributed by atoms with Crippen molar-refractivity contribution < 1.29 is 7.16 Å². The second-order valence-corrected chi connectivity index (χ2v) is 12.4. The maximum atomic E-state index is 9.52. The van der Waals surface area contributed by atoms with Gasteiger partial charge in [0, 0.05) is 57.3 Å². The van der Waals surface area contributed by atoms with Gasteiger partial charge in [0.05, 0.1) is 13.8 Å². The van der Waals surface area contributed by atoms with Gasteiger partial charge in [0.15, 0.2) is 0 Å². The summed E-state index contributed by atoms with van der Waals surface area (Å²) in [7, 11) is 0. The van der Waals surface area contributed by atoms with Gasteiger partial charge in [0.2, 0.25) is 0 Å².